The number of carbonyl (C=O) groups excluding carboxylic acids is 1. The van der Waals surface area contributed by atoms with E-state index in [1.54, 1.807) is 13.2 Å². The summed E-state index contributed by atoms with van der Waals surface area (Å²) in [7, 11) is 1.64. The lowest BCUT2D eigenvalue weighted by Crippen LogP contribution is -2.17. The Morgan fingerprint density at radius 2 is 2.00 bits per heavy atom. The molecule has 1 aliphatic rings. The molecule has 0 atom stereocenters. The van der Waals surface area contributed by atoms with Crippen LogP contribution in [0.3, 0.4) is 0 Å². The Bertz CT molecular complexity index is 428. The van der Waals surface area contributed by atoms with E-state index in [0.717, 1.165) is 37.4 Å². The minimum Gasteiger partial charge on any atom is -0.497 e. The lowest BCUT2D eigenvalue weighted by molar-refractivity contribution is -0.116. The van der Waals surface area contributed by atoms with Crippen molar-refractivity contribution in [1.82, 2.24) is 0 Å². The molecule has 3 nitrogen and oxygen atoms in total. The zero-order chi connectivity index (χ0) is 13.5. The number of methoxy groups -OCH3 is 1. The second-order valence-corrected chi connectivity index (χ2v) is 4.83. The van der Waals surface area contributed by atoms with Gasteiger partial charge >= 0.3 is 0 Å². The standard InChI is InChI=1S/C16H20O3/c1-18-16-6-3-13(4-7-16)2-5-15(17)12-14-8-10-19-11-9-14/h2-7,14H,8-12H2,1H3. The smallest absolute Gasteiger partial charge is 0.155 e. The molecule has 0 radical (unpaired) electrons. The molecule has 0 aliphatic carbocycles. The third-order valence-corrected chi connectivity index (χ3v) is 3.41. The van der Waals surface area contributed by atoms with E-state index < -0.39 is 0 Å². The summed E-state index contributed by atoms with van der Waals surface area (Å²) in [6.45, 7) is 1.58. The van der Waals surface area contributed by atoms with Crippen molar-refractivity contribution in [2.24, 2.45) is 5.92 Å². The molecule has 1 fully saturated rings. The second-order valence-electron chi connectivity index (χ2n) is 4.83. The number of carbonyl (C=O) groups is 1. The van der Waals surface area contributed by atoms with Gasteiger partial charge in [0.2, 0.25) is 0 Å². The maximum absolute atomic E-state index is 11.9. The molecule has 0 spiro atoms. The van der Waals surface area contributed by atoms with Gasteiger partial charge in [-0.25, -0.2) is 0 Å². The van der Waals surface area contributed by atoms with Crippen molar-refractivity contribution in [3.8, 4) is 5.75 Å². The summed E-state index contributed by atoms with van der Waals surface area (Å²) in [6, 6.07) is 7.67. The SMILES string of the molecule is COc1ccc(C=CC(=O)CC2CCOCC2)cc1. The molecule has 3 heteroatoms. The molecule has 1 aliphatic heterocycles. The summed E-state index contributed by atoms with van der Waals surface area (Å²) in [5.41, 5.74) is 1.01. The number of allylic oxidation sites excluding steroid dienone is 1. The molecular formula is C16H20O3. The molecule has 0 aromatic heterocycles. The molecule has 0 saturated carbocycles. The van der Waals surface area contributed by atoms with Gasteiger partial charge < -0.3 is 9.47 Å². The number of ketones is 1. The van der Waals surface area contributed by atoms with Crippen LogP contribution in [0.5, 0.6) is 5.75 Å². The molecule has 1 heterocycles. The van der Waals surface area contributed by atoms with Gasteiger partial charge in [0.15, 0.2) is 5.78 Å². The molecule has 1 aromatic rings. The maximum atomic E-state index is 11.9. The van der Waals surface area contributed by atoms with E-state index >= 15 is 0 Å². The van der Waals surface area contributed by atoms with Crippen LogP contribution in [-0.4, -0.2) is 26.1 Å². The van der Waals surface area contributed by atoms with Crippen LogP contribution < -0.4 is 4.74 Å². The quantitative estimate of drug-likeness (QED) is 0.763. The first-order valence-corrected chi connectivity index (χ1v) is 6.70. The number of ether oxygens (including phenoxy) is 2. The van der Waals surface area contributed by atoms with Gasteiger partial charge in [0.1, 0.15) is 5.75 Å². The van der Waals surface area contributed by atoms with Gasteiger partial charge in [-0.05, 0) is 42.5 Å². The average Bonchev–Trinajstić information content (AvgIpc) is 2.47. The van der Waals surface area contributed by atoms with Crippen LogP contribution in [-0.2, 0) is 9.53 Å². The van der Waals surface area contributed by atoms with Crippen molar-refractivity contribution in [3.63, 3.8) is 0 Å². The van der Waals surface area contributed by atoms with Gasteiger partial charge in [0.05, 0.1) is 7.11 Å². The Kier molecular flexibility index (Phi) is 5.16. The van der Waals surface area contributed by atoms with E-state index in [2.05, 4.69) is 0 Å². The second kappa shape index (κ2) is 7.10. The number of rotatable bonds is 5. The van der Waals surface area contributed by atoms with E-state index in [9.17, 15) is 4.79 Å². The number of hydrogen-bond donors (Lipinski definition) is 0. The molecule has 0 unspecified atom stereocenters. The highest BCUT2D eigenvalue weighted by Gasteiger charge is 2.15. The van der Waals surface area contributed by atoms with Crippen molar-refractivity contribution in [1.29, 1.82) is 0 Å². The summed E-state index contributed by atoms with van der Waals surface area (Å²) in [5, 5.41) is 0. The van der Waals surface area contributed by atoms with Crippen molar-refractivity contribution in [2.75, 3.05) is 20.3 Å². The highest BCUT2D eigenvalue weighted by Crippen LogP contribution is 2.19. The van der Waals surface area contributed by atoms with E-state index in [1.165, 1.54) is 0 Å². The fraction of sp³-hybridized carbons (Fsp3) is 0.438. The topological polar surface area (TPSA) is 35.5 Å². The predicted molar refractivity (Wildman–Crippen MR) is 75.2 cm³/mol. The van der Waals surface area contributed by atoms with Crippen LogP contribution in [0.25, 0.3) is 6.08 Å². The van der Waals surface area contributed by atoms with Gasteiger partial charge in [-0.15, -0.1) is 0 Å². The van der Waals surface area contributed by atoms with Gasteiger partial charge in [0, 0.05) is 19.6 Å². The molecule has 1 aromatic carbocycles. The van der Waals surface area contributed by atoms with Crippen LogP contribution >= 0.6 is 0 Å². The number of benzene rings is 1. The summed E-state index contributed by atoms with van der Waals surface area (Å²) in [4.78, 5) is 11.9. The molecule has 1 saturated heterocycles. The van der Waals surface area contributed by atoms with Crippen molar-refractivity contribution < 1.29 is 14.3 Å². The first kappa shape index (κ1) is 13.8. The molecular weight excluding hydrogens is 240 g/mol. The minimum atomic E-state index is 0.197. The largest absolute Gasteiger partial charge is 0.497 e. The molecule has 0 amide bonds. The predicted octanol–water partition coefficient (Wildman–Crippen LogP) is 3.09. The third-order valence-electron chi connectivity index (χ3n) is 3.41. The average molecular weight is 260 g/mol. The van der Waals surface area contributed by atoms with Crippen molar-refractivity contribution in [2.45, 2.75) is 19.3 Å². The van der Waals surface area contributed by atoms with Gasteiger partial charge in [-0.1, -0.05) is 18.2 Å². The van der Waals surface area contributed by atoms with Crippen LogP contribution in [0.1, 0.15) is 24.8 Å². The minimum absolute atomic E-state index is 0.197. The molecule has 0 bridgehead atoms. The zero-order valence-corrected chi connectivity index (χ0v) is 11.3. The van der Waals surface area contributed by atoms with Gasteiger partial charge in [-0.2, -0.15) is 0 Å². The van der Waals surface area contributed by atoms with Crippen LogP contribution in [0.15, 0.2) is 30.3 Å². The highest BCUT2D eigenvalue weighted by molar-refractivity contribution is 5.93. The van der Waals surface area contributed by atoms with Crippen LogP contribution in [0.4, 0.5) is 0 Å². The molecule has 102 valence electrons. The van der Waals surface area contributed by atoms with Gasteiger partial charge in [0.25, 0.3) is 0 Å². The molecule has 0 N–H and O–H groups in total. The third kappa shape index (κ3) is 4.52. The summed E-state index contributed by atoms with van der Waals surface area (Å²) in [5.74, 6) is 1.51. The van der Waals surface area contributed by atoms with E-state index in [1.807, 2.05) is 30.3 Å². The highest BCUT2D eigenvalue weighted by atomic mass is 16.5. The van der Waals surface area contributed by atoms with E-state index in [4.69, 9.17) is 9.47 Å². The Hall–Kier alpha value is -1.61. The Morgan fingerprint density at radius 1 is 1.32 bits per heavy atom. The Labute approximate surface area is 114 Å². The lowest BCUT2D eigenvalue weighted by atomic mass is 9.94. The van der Waals surface area contributed by atoms with E-state index in [-0.39, 0.29) is 5.78 Å². The first-order chi connectivity index (χ1) is 9.28. The maximum Gasteiger partial charge on any atom is 0.155 e. The van der Waals surface area contributed by atoms with Crippen LogP contribution in [0.2, 0.25) is 0 Å². The van der Waals surface area contributed by atoms with Crippen molar-refractivity contribution >= 4 is 11.9 Å². The van der Waals surface area contributed by atoms with Gasteiger partial charge in [-0.3, -0.25) is 4.79 Å². The Morgan fingerprint density at radius 3 is 2.63 bits per heavy atom. The lowest BCUT2D eigenvalue weighted by Gasteiger charge is -2.20. The summed E-state index contributed by atoms with van der Waals surface area (Å²) < 4.78 is 10.4. The summed E-state index contributed by atoms with van der Waals surface area (Å²) in [6.07, 6.45) is 6.18. The Balaban J connectivity index is 1.84. The number of hydrogen-bond acceptors (Lipinski definition) is 3. The van der Waals surface area contributed by atoms with E-state index in [0.29, 0.717) is 12.3 Å². The zero-order valence-electron chi connectivity index (χ0n) is 11.3. The van der Waals surface area contributed by atoms with Crippen molar-refractivity contribution in [3.05, 3.63) is 35.9 Å². The molecule has 19 heavy (non-hydrogen) atoms. The molecule has 2 rings (SSSR count). The first-order valence-electron chi connectivity index (χ1n) is 6.70. The fourth-order valence-electron chi connectivity index (χ4n) is 2.21. The van der Waals surface area contributed by atoms with Crippen LogP contribution in [0, 0.1) is 5.92 Å². The summed E-state index contributed by atoms with van der Waals surface area (Å²) >= 11 is 0. The normalized spacial score (nSPS) is 16.7. The monoisotopic (exact) mass is 260 g/mol. The fourth-order valence-corrected chi connectivity index (χ4v) is 2.21.